The van der Waals surface area contributed by atoms with Gasteiger partial charge in [-0.25, -0.2) is 0 Å². The smallest absolute Gasteiger partial charge is 0.163 e. The maximum Gasteiger partial charge on any atom is 0.163 e. The highest BCUT2D eigenvalue weighted by molar-refractivity contribution is 5.96. The Kier molecular flexibility index (Phi) is 3.43. The molecule has 0 radical (unpaired) electrons. The van der Waals surface area contributed by atoms with Gasteiger partial charge in [-0.05, 0) is 19.1 Å². The fourth-order valence-electron chi connectivity index (χ4n) is 1.98. The fraction of sp³-hybridized carbons (Fsp3) is 0.267. The molecule has 0 spiro atoms. The summed E-state index contributed by atoms with van der Waals surface area (Å²) in [5, 5.41) is 0. The van der Waals surface area contributed by atoms with Crippen molar-refractivity contribution in [2.24, 2.45) is 5.92 Å². The van der Waals surface area contributed by atoms with Crippen molar-refractivity contribution in [2.75, 3.05) is 7.11 Å². The number of hydrogen-bond donors (Lipinski definition) is 0. The summed E-state index contributed by atoms with van der Waals surface area (Å²) in [4.78, 5) is 12.1. The van der Waals surface area contributed by atoms with Crippen LogP contribution >= 0.6 is 0 Å². The molecule has 1 unspecified atom stereocenters. The third-order valence-corrected chi connectivity index (χ3v) is 2.90. The minimum Gasteiger partial charge on any atom is -0.497 e. The van der Waals surface area contributed by atoms with Crippen LogP contribution in [0.4, 0.5) is 0 Å². The minimum absolute atomic E-state index is 0.157. The Morgan fingerprint density at radius 3 is 2.88 bits per heavy atom. The monoisotopic (exact) mass is 228 g/mol. The zero-order chi connectivity index (χ0) is 12.3. The standard InChI is InChI=1S/C15H16O2/c1-11-6-7-12(8-11)9-15(16)13-4-3-5-14(10-13)17-2/h3-8,10,12H,9H2,1-2H3. The number of methoxy groups -OCH3 is 1. The van der Waals surface area contributed by atoms with Crippen molar-refractivity contribution < 1.29 is 9.53 Å². The van der Waals surface area contributed by atoms with Crippen LogP contribution in [-0.4, -0.2) is 12.9 Å². The van der Waals surface area contributed by atoms with Crippen molar-refractivity contribution in [3.63, 3.8) is 0 Å². The van der Waals surface area contributed by atoms with Gasteiger partial charge in [0.25, 0.3) is 0 Å². The Bertz CT molecular complexity index is 483. The quantitative estimate of drug-likeness (QED) is 0.738. The average Bonchev–Trinajstić information content (AvgIpc) is 2.75. The molecule has 2 nitrogen and oxygen atoms in total. The number of ketones is 1. The first-order valence-electron chi connectivity index (χ1n) is 5.73. The van der Waals surface area contributed by atoms with Crippen LogP contribution in [-0.2, 0) is 0 Å². The molecule has 0 saturated heterocycles. The van der Waals surface area contributed by atoms with Gasteiger partial charge in [0.15, 0.2) is 5.78 Å². The van der Waals surface area contributed by atoms with Crippen molar-refractivity contribution >= 4 is 5.78 Å². The van der Waals surface area contributed by atoms with Gasteiger partial charge in [0.05, 0.1) is 7.11 Å². The predicted molar refractivity (Wildman–Crippen MR) is 68.3 cm³/mol. The summed E-state index contributed by atoms with van der Waals surface area (Å²) >= 11 is 0. The molecule has 1 aliphatic rings. The van der Waals surface area contributed by atoms with E-state index < -0.39 is 0 Å². The van der Waals surface area contributed by atoms with E-state index >= 15 is 0 Å². The van der Waals surface area contributed by atoms with Gasteiger partial charge in [-0.3, -0.25) is 4.79 Å². The molecule has 17 heavy (non-hydrogen) atoms. The number of carbonyl (C=O) groups is 1. The van der Waals surface area contributed by atoms with Crippen LogP contribution in [0.25, 0.3) is 0 Å². The Morgan fingerprint density at radius 2 is 2.24 bits per heavy atom. The summed E-state index contributed by atoms with van der Waals surface area (Å²) in [5.74, 6) is 1.13. The third-order valence-electron chi connectivity index (χ3n) is 2.90. The van der Waals surface area contributed by atoms with E-state index in [0.29, 0.717) is 6.42 Å². The molecule has 2 heteroatoms. The van der Waals surface area contributed by atoms with E-state index in [9.17, 15) is 4.79 Å². The molecule has 0 bridgehead atoms. The molecule has 88 valence electrons. The number of hydrogen-bond acceptors (Lipinski definition) is 2. The Morgan fingerprint density at radius 1 is 1.41 bits per heavy atom. The summed E-state index contributed by atoms with van der Waals surface area (Å²) < 4.78 is 5.11. The van der Waals surface area contributed by atoms with Crippen LogP contribution < -0.4 is 4.74 Å². The van der Waals surface area contributed by atoms with Gasteiger partial charge in [0, 0.05) is 17.9 Å². The average molecular weight is 228 g/mol. The summed E-state index contributed by atoms with van der Waals surface area (Å²) in [7, 11) is 1.61. The molecule has 2 rings (SSSR count). The lowest BCUT2D eigenvalue weighted by Crippen LogP contribution is -2.04. The zero-order valence-corrected chi connectivity index (χ0v) is 10.1. The van der Waals surface area contributed by atoms with Crippen LogP contribution in [0.2, 0.25) is 0 Å². The lowest BCUT2D eigenvalue weighted by molar-refractivity contribution is 0.0975. The molecule has 1 aliphatic carbocycles. The summed E-state index contributed by atoms with van der Waals surface area (Å²) in [6.45, 7) is 2.05. The first kappa shape index (κ1) is 11.6. The second kappa shape index (κ2) is 5.00. The van der Waals surface area contributed by atoms with Crippen LogP contribution in [0.15, 0.2) is 48.1 Å². The number of Topliss-reactive ketones (excluding diaryl/α,β-unsaturated/α-hetero) is 1. The van der Waals surface area contributed by atoms with Crippen molar-refractivity contribution in [3.05, 3.63) is 53.6 Å². The molecule has 0 N–H and O–H groups in total. The van der Waals surface area contributed by atoms with E-state index in [1.165, 1.54) is 5.57 Å². The topological polar surface area (TPSA) is 26.3 Å². The van der Waals surface area contributed by atoms with Gasteiger partial charge in [-0.1, -0.05) is 35.9 Å². The first-order valence-corrected chi connectivity index (χ1v) is 5.73. The number of benzene rings is 1. The van der Waals surface area contributed by atoms with Crippen LogP contribution in [0, 0.1) is 5.92 Å². The molecular weight excluding hydrogens is 212 g/mol. The molecule has 1 aromatic carbocycles. The first-order chi connectivity index (χ1) is 8.19. The van der Waals surface area contributed by atoms with E-state index in [2.05, 4.69) is 18.2 Å². The van der Waals surface area contributed by atoms with Crippen molar-refractivity contribution in [2.45, 2.75) is 13.3 Å². The van der Waals surface area contributed by atoms with Crippen LogP contribution in [0.5, 0.6) is 5.75 Å². The molecule has 0 saturated carbocycles. The fourth-order valence-corrected chi connectivity index (χ4v) is 1.98. The second-order valence-electron chi connectivity index (χ2n) is 4.29. The molecular formula is C15H16O2. The molecule has 0 aliphatic heterocycles. The highest BCUT2D eigenvalue weighted by Crippen LogP contribution is 2.22. The van der Waals surface area contributed by atoms with Crippen LogP contribution in [0.3, 0.4) is 0 Å². The molecule has 0 amide bonds. The van der Waals surface area contributed by atoms with Crippen LogP contribution in [0.1, 0.15) is 23.7 Å². The molecule has 0 fully saturated rings. The largest absolute Gasteiger partial charge is 0.497 e. The van der Waals surface area contributed by atoms with E-state index in [1.54, 1.807) is 13.2 Å². The van der Waals surface area contributed by atoms with Gasteiger partial charge in [0.1, 0.15) is 5.75 Å². The number of allylic oxidation sites excluding steroid dienone is 4. The lowest BCUT2D eigenvalue weighted by atomic mass is 9.99. The van der Waals surface area contributed by atoms with E-state index in [4.69, 9.17) is 4.74 Å². The lowest BCUT2D eigenvalue weighted by Gasteiger charge is -2.06. The molecule has 0 aromatic heterocycles. The Labute approximate surface area is 102 Å². The van der Waals surface area contributed by atoms with Crippen molar-refractivity contribution in [1.82, 2.24) is 0 Å². The number of rotatable bonds is 4. The summed E-state index contributed by atoms with van der Waals surface area (Å²) in [6, 6.07) is 7.31. The third kappa shape index (κ3) is 2.84. The van der Waals surface area contributed by atoms with Gasteiger partial charge in [-0.15, -0.1) is 0 Å². The molecule has 0 heterocycles. The SMILES string of the molecule is COc1cccc(C(=O)CC2C=CC(C)=C2)c1. The summed E-state index contributed by atoms with van der Waals surface area (Å²) in [6.07, 6.45) is 6.79. The molecule has 1 atom stereocenters. The highest BCUT2D eigenvalue weighted by atomic mass is 16.5. The number of carbonyl (C=O) groups excluding carboxylic acids is 1. The Balaban J connectivity index is 2.07. The minimum atomic E-state index is 0.157. The Hall–Kier alpha value is -1.83. The van der Waals surface area contributed by atoms with Gasteiger partial charge in [0.2, 0.25) is 0 Å². The van der Waals surface area contributed by atoms with E-state index in [0.717, 1.165) is 11.3 Å². The van der Waals surface area contributed by atoms with Gasteiger partial charge >= 0.3 is 0 Å². The molecule has 1 aromatic rings. The normalized spacial score (nSPS) is 18.0. The maximum atomic E-state index is 12.1. The van der Waals surface area contributed by atoms with Gasteiger partial charge in [-0.2, -0.15) is 0 Å². The predicted octanol–water partition coefficient (Wildman–Crippen LogP) is 3.40. The van der Waals surface area contributed by atoms with Gasteiger partial charge < -0.3 is 4.74 Å². The van der Waals surface area contributed by atoms with Crippen molar-refractivity contribution in [3.8, 4) is 5.75 Å². The zero-order valence-electron chi connectivity index (χ0n) is 10.1. The highest BCUT2D eigenvalue weighted by Gasteiger charge is 2.14. The summed E-state index contributed by atoms with van der Waals surface area (Å²) in [5.41, 5.74) is 1.95. The number of ether oxygens (including phenoxy) is 1. The maximum absolute atomic E-state index is 12.1. The van der Waals surface area contributed by atoms with Crippen molar-refractivity contribution in [1.29, 1.82) is 0 Å². The van der Waals surface area contributed by atoms with E-state index in [1.807, 2.05) is 25.1 Å². The second-order valence-corrected chi connectivity index (χ2v) is 4.29. The van der Waals surface area contributed by atoms with E-state index in [-0.39, 0.29) is 11.7 Å².